The zero-order valence-electron chi connectivity index (χ0n) is 16.1. The number of carbonyl (C=O) groups excluding carboxylic acids is 1. The Morgan fingerprint density at radius 1 is 1.19 bits per heavy atom. The van der Waals surface area contributed by atoms with Gasteiger partial charge in [0.2, 0.25) is 5.88 Å². The number of H-pyrrole nitrogens is 1. The van der Waals surface area contributed by atoms with Gasteiger partial charge in [0.1, 0.15) is 12.4 Å². The highest BCUT2D eigenvalue weighted by molar-refractivity contribution is 6.34. The molecule has 0 fully saturated rings. The lowest BCUT2D eigenvalue weighted by molar-refractivity contribution is 0.102. The largest absolute Gasteiger partial charge is 0.486 e. The Hall–Kier alpha value is -3.72. The molecule has 0 aliphatic heterocycles. The fraction of sp³-hybridized carbons (Fsp3) is 0.0952. The Kier molecular flexibility index (Phi) is 5.68. The van der Waals surface area contributed by atoms with Gasteiger partial charge in [0.25, 0.3) is 5.91 Å². The number of hydrogen-bond donors (Lipinski definition) is 2. The third kappa shape index (κ3) is 4.26. The second-order valence-electron chi connectivity index (χ2n) is 6.46. The lowest BCUT2D eigenvalue weighted by Crippen LogP contribution is -2.15. The summed E-state index contributed by atoms with van der Waals surface area (Å²) in [4.78, 5) is 16.9. The van der Waals surface area contributed by atoms with Gasteiger partial charge in [0.15, 0.2) is 17.2 Å². The van der Waals surface area contributed by atoms with Gasteiger partial charge in [-0.3, -0.25) is 9.89 Å². The Labute approximate surface area is 180 Å². The van der Waals surface area contributed by atoms with Gasteiger partial charge in [-0.15, -0.1) is 5.10 Å². The molecule has 2 N–H and O–H groups in total. The van der Waals surface area contributed by atoms with Crippen LogP contribution in [0, 0.1) is 11.6 Å². The van der Waals surface area contributed by atoms with Gasteiger partial charge >= 0.3 is 0 Å². The number of methoxy groups -OCH3 is 1. The molecule has 2 aromatic carbocycles. The van der Waals surface area contributed by atoms with Crippen molar-refractivity contribution in [3.8, 4) is 11.6 Å². The molecule has 4 rings (SSSR count). The Morgan fingerprint density at radius 2 is 1.97 bits per heavy atom. The van der Waals surface area contributed by atoms with Crippen LogP contribution in [0.2, 0.25) is 5.02 Å². The number of pyridine rings is 1. The smallest absolute Gasteiger partial charge is 0.260 e. The van der Waals surface area contributed by atoms with Crippen molar-refractivity contribution in [3.63, 3.8) is 0 Å². The Balaban J connectivity index is 1.56. The van der Waals surface area contributed by atoms with E-state index in [2.05, 4.69) is 20.5 Å². The van der Waals surface area contributed by atoms with E-state index in [1.807, 2.05) is 0 Å². The predicted octanol–water partition coefficient (Wildman–Crippen LogP) is 4.73. The molecule has 2 aromatic heterocycles. The van der Waals surface area contributed by atoms with Crippen molar-refractivity contribution >= 4 is 34.2 Å². The van der Waals surface area contributed by atoms with E-state index in [1.54, 1.807) is 6.07 Å². The summed E-state index contributed by atoms with van der Waals surface area (Å²) in [7, 11) is 1.45. The minimum atomic E-state index is -0.915. The van der Waals surface area contributed by atoms with Gasteiger partial charge in [-0.25, -0.2) is 13.8 Å². The van der Waals surface area contributed by atoms with Gasteiger partial charge < -0.3 is 14.8 Å². The maximum atomic E-state index is 15.0. The van der Waals surface area contributed by atoms with Crippen LogP contribution < -0.4 is 14.8 Å². The molecule has 0 unspecified atom stereocenters. The van der Waals surface area contributed by atoms with E-state index in [9.17, 15) is 13.6 Å². The minimum Gasteiger partial charge on any atom is -0.486 e. The molecule has 0 atom stereocenters. The van der Waals surface area contributed by atoms with Crippen LogP contribution in [0.4, 0.5) is 14.5 Å². The Morgan fingerprint density at radius 3 is 2.71 bits per heavy atom. The molecule has 7 nitrogen and oxygen atoms in total. The molecule has 0 bridgehead atoms. The van der Waals surface area contributed by atoms with Gasteiger partial charge in [0.05, 0.1) is 35.0 Å². The number of hydrogen-bond acceptors (Lipinski definition) is 5. The molecule has 0 spiro atoms. The van der Waals surface area contributed by atoms with Crippen LogP contribution in [0.5, 0.6) is 11.6 Å². The van der Waals surface area contributed by atoms with Crippen molar-refractivity contribution in [2.75, 3.05) is 12.4 Å². The molecule has 2 heterocycles. The van der Waals surface area contributed by atoms with Crippen LogP contribution in [-0.2, 0) is 6.61 Å². The van der Waals surface area contributed by atoms with Crippen molar-refractivity contribution in [2.24, 2.45) is 0 Å². The molecular weight excluding hydrogens is 430 g/mol. The maximum absolute atomic E-state index is 15.0. The second-order valence-corrected chi connectivity index (χ2v) is 6.86. The third-order valence-electron chi connectivity index (χ3n) is 4.42. The number of aromatic nitrogens is 3. The number of anilines is 1. The summed E-state index contributed by atoms with van der Waals surface area (Å²) < 4.78 is 38.6. The summed E-state index contributed by atoms with van der Waals surface area (Å²) in [5, 5.41) is 9.65. The quantitative estimate of drug-likeness (QED) is 0.449. The monoisotopic (exact) mass is 444 g/mol. The van der Waals surface area contributed by atoms with E-state index in [0.29, 0.717) is 28.2 Å². The number of aromatic amines is 1. The zero-order chi connectivity index (χ0) is 22.0. The lowest BCUT2D eigenvalue weighted by Gasteiger charge is -2.12. The number of nitrogens with zero attached hydrogens (tertiary/aromatic N) is 2. The summed E-state index contributed by atoms with van der Waals surface area (Å²) in [6, 6.07) is 9.85. The molecule has 0 saturated carbocycles. The second kappa shape index (κ2) is 8.57. The highest BCUT2D eigenvalue weighted by Crippen LogP contribution is 2.29. The highest BCUT2D eigenvalue weighted by atomic mass is 35.5. The van der Waals surface area contributed by atoms with Gasteiger partial charge in [-0.1, -0.05) is 23.7 Å². The topological polar surface area (TPSA) is 89.1 Å². The SMILES string of the molecule is COc1n[nH]c2ncc(NC(=O)c3c(Cl)ccc(OCc4ccc(F)cc4)c3F)cc12. The van der Waals surface area contributed by atoms with E-state index in [0.717, 1.165) is 0 Å². The molecule has 1 amide bonds. The molecular formula is C21H15ClF2N4O3. The van der Waals surface area contributed by atoms with E-state index >= 15 is 0 Å². The van der Waals surface area contributed by atoms with Crippen LogP contribution in [0.1, 0.15) is 15.9 Å². The number of amides is 1. The third-order valence-corrected chi connectivity index (χ3v) is 4.74. The van der Waals surface area contributed by atoms with Crippen LogP contribution in [0.25, 0.3) is 11.0 Å². The van der Waals surface area contributed by atoms with Crippen molar-refractivity contribution < 1.29 is 23.0 Å². The average Bonchev–Trinajstić information content (AvgIpc) is 3.17. The van der Waals surface area contributed by atoms with Crippen molar-refractivity contribution in [1.82, 2.24) is 15.2 Å². The molecule has 31 heavy (non-hydrogen) atoms. The molecule has 0 saturated heterocycles. The van der Waals surface area contributed by atoms with Crippen molar-refractivity contribution in [2.45, 2.75) is 6.61 Å². The van der Waals surface area contributed by atoms with Crippen molar-refractivity contribution in [3.05, 3.63) is 76.4 Å². The molecule has 0 aliphatic carbocycles. The van der Waals surface area contributed by atoms with Crippen LogP contribution in [-0.4, -0.2) is 28.2 Å². The molecule has 0 radical (unpaired) electrons. The van der Waals surface area contributed by atoms with Gasteiger partial charge in [0, 0.05) is 0 Å². The number of halogens is 3. The van der Waals surface area contributed by atoms with Crippen LogP contribution >= 0.6 is 11.6 Å². The summed E-state index contributed by atoms with van der Waals surface area (Å²) in [5.74, 6) is -1.94. The van der Waals surface area contributed by atoms with E-state index in [4.69, 9.17) is 21.1 Å². The van der Waals surface area contributed by atoms with Gasteiger partial charge in [-0.05, 0) is 35.9 Å². The molecule has 10 heteroatoms. The first-order valence-electron chi connectivity index (χ1n) is 9.01. The summed E-state index contributed by atoms with van der Waals surface area (Å²) in [5.41, 5.74) is 1.02. The first kappa shape index (κ1) is 20.5. The zero-order valence-corrected chi connectivity index (χ0v) is 16.8. The fourth-order valence-electron chi connectivity index (χ4n) is 2.89. The standard InChI is InChI=1S/C21H15ClF2N4O3/c1-30-21-14-8-13(9-25-19(14)27-28-21)26-20(29)17-15(22)6-7-16(18(17)24)31-10-11-2-4-12(23)5-3-11/h2-9H,10H2,1H3,(H,26,29)(H,25,27,28). The summed E-state index contributed by atoms with van der Waals surface area (Å²) in [6.45, 7) is -0.0131. The van der Waals surface area contributed by atoms with Crippen LogP contribution in [0.15, 0.2) is 48.7 Å². The van der Waals surface area contributed by atoms with E-state index in [1.165, 1.54) is 49.7 Å². The van der Waals surface area contributed by atoms with Gasteiger partial charge in [-0.2, -0.15) is 0 Å². The predicted molar refractivity (Wildman–Crippen MR) is 111 cm³/mol. The fourth-order valence-corrected chi connectivity index (χ4v) is 3.12. The van der Waals surface area contributed by atoms with E-state index < -0.39 is 11.7 Å². The normalized spacial score (nSPS) is 10.8. The molecule has 0 aliphatic rings. The first-order chi connectivity index (χ1) is 15.0. The van der Waals surface area contributed by atoms with Crippen molar-refractivity contribution in [1.29, 1.82) is 0 Å². The summed E-state index contributed by atoms with van der Waals surface area (Å²) >= 11 is 6.07. The number of carbonyl (C=O) groups is 1. The highest BCUT2D eigenvalue weighted by Gasteiger charge is 2.21. The number of rotatable bonds is 6. The number of nitrogens with one attached hydrogen (secondary N) is 2. The first-order valence-corrected chi connectivity index (χ1v) is 9.38. The summed E-state index contributed by atoms with van der Waals surface area (Å²) in [6.07, 6.45) is 1.39. The van der Waals surface area contributed by atoms with E-state index in [-0.39, 0.29) is 28.8 Å². The lowest BCUT2D eigenvalue weighted by atomic mass is 10.1. The molecule has 158 valence electrons. The number of benzene rings is 2. The van der Waals surface area contributed by atoms with Crippen LogP contribution in [0.3, 0.4) is 0 Å². The maximum Gasteiger partial charge on any atom is 0.260 e. The minimum absolute atomic E-state index is 0.0131. The number of fused-ring (bicyclic) bond motifs is 1. The Bertz CT molecular complexity index is 1260. The molecule has 4 aromatic rings. The number of ether oxygens (including phenoxy) is 2. The average molecular weight is 445 g/mol.